The van der Waals surface area contributed by atoms with E-state index in [0.717, 1.165) is 17.2 Å². The van der Waals surface area contributed by atoms with Crippen molar-refractivity contribution >= 4 is 16.7 Å². The molecule has 0 unspecified atom stereocenters. The highest BCUT2D eigenvalue weighted by molar-refractivity contribution is 5.98. The van der Waals surface area contributed by atoms with E-state index in [1.54, 1.807) is 0 Å². The summed E-state index contributed by atoms with van der Waals surface area (Å²) in [6.07, 6.45) is 4.90. The van der Waals surface area contributed by atoms with Gasteiger partial charge in [-0.3, -0.25) is 4.79 Å². The molecule has 0 fully saturated rings. The van der Waals surface area contributed by atoms with E-state index in [2.05, 4.69) is 5.32 Å². The summed E-state index contributed by atoms with van der Waals surface area (Å²) in [5, 5.41) is 5.16. The molecule has 0 saturated carbocycles. The van der Waals surface area contributed by atoms with Crippen LogP contribution in [0, 0.1) is 0 Å². The van der Waals surface area contributed by atoms with Crippen molar-refractivity contribution in [3.05, 3.63) is 60.2 Å². The molecule has 2 aromatic carbocycles. The van der Waals surface area contributed by atoms with Crippen molar-refractivity contribution in [3.63, 3.8) is 0 Å². The van der Waals surface area contributed by atoms with Crippen molar-refractivity contribution in [1.29, 1.82) is 0 Å². The van der Waals surface area contributed by atoms with Gasteiger partial charge < -0.3 is 5.32 Å². The molecular formula is C16H17NO. The van der Waals surface area contributed by atoms with Crippen molar-refractivity contribution in [1.82, 2.24) is 5.32 Å². The van der Waals surface area contributed by atoms with Crippen LogP contribution in [0.5, 0.6) is 0 Å². The minimum Gasteiger partial charge on any atom is -0.352 e. The third-order valence-electron chi connectivity index (χ3n) is 2.84. The fraction of sp³-hybridized carbons (Fsp3) is 0.188. The predicted molar refractivity (Wildman–Crippen MR) is 75.7 cm³/mol. The van der Waals surface area contributed by atoms with E-state index < -0.39 is 0 Å². The van der Waals surface area contributed by atoms with Gasteiger partial charge in [0.2, 0.25) is 0 Å². The predicted octanol–water partition coefficient (Wildman–Crippen LogP) is 3.54. The van der Waals surface area contributed by atoms with Gasteiger partial charge in [-0.15, -0.1) is 0 Å². The summed E-state index contributed by atoms with van der Waals surface area (Å²) >= 11 is 0. The van der Waals surface area contributed by atoms with Gasteiger partial charge in [-0.25, -0.2) is 0 Å². The van der Waals surface area contributed by atoms with Crippen LogP contribution in [-0.4, -0.2) is 12.5 Å². The standard InChI is InChI=1S/C16H17NO/c1-2-3-6-11-17-16(18)15-10-9-13-7-4-5-8-14(13)12-15/h2-5,7-10,12H,6,11H2,1H3,(H,17,18)/b3-2+. The lowest BCUT2D eigenvalue weighted by Gasteiger charge is -2.05. The molecule has 0 spiro atoms. The van der Waals surface area contributed by atoms with Gasteiger partial charge in [0, 0.05) is 12.1 Å². The topological polar surface area (TPSA) is 29.1 Å². The van der Waals surface area contributed by atoms with Gasteiger partial charge in [-0.1, -0.05) is 42.5 Å². The highest BCUT2D eigenvalue weighted by Crippen LogP contribution is 2.15. The summed E-state index contributed by atoms with van der Waals surface area (Å²) in [5.74, 6) is -0.00902. The number of hydrogen-bond donors (Lipinski definition) is 1. The van der Waals surface area contributed by atoms with Gasteiger partial charge in [0.05, 0.1) is 0 Å². The molecule has 2 aromatic rings. The van der Waals surface area contributed by atoms with E-state index in [1.807, 2.05) is 61.5 Å². The maximum Gasteiger partial charge on any atom is 0.251 e. The normalized spacial score (nSPS) is 10.9. The molecule has 1 N–H and O–H groups in total. The van der Waals surface area contributed by atoms with E-state index in [9.17, 15) is 4.79 Å². The molecule has 2 rings (SSSR count). The van der Waals surface area contributed by atoms with Crippen LogP contribution in [0.2, 0.25) is 0 Å². The van der Waals surface area contributed by atoms with Gasteiger partial charge in [0.1, 0.15) is 0 Å². The maximum absolute atomic E-state index is 11.9. The average Bonchev–Trinajstić information content (AvgIpc) is 2.43. The number of allylic oxidation sites excluding steroid dienone is 1. The Morgan fingerprint density at radius 3 is 2.72 bits per heavy atom. The van der Waals surface area contributed by atoms with Gasteiger partial charge >= 0.3 is 0 Å². The molecule has 0 saturated heterocycles. The third kappa shape index (κ3) is 2.98. The Morgan fingerprint density at radius 2 is 1.94 bits per heavy atom. The van der Waals surface area contributed by atoms with Crippen LogP contribution in [0.4, 0.5) is 0 Å². The molecule has 0 bridgehead atoms. The number of rotatable bonds is 4. The van der Waals surface area contributed by atoms with Gasteiger partial charge in [-0.2, -0.15) is 0 Å². The third-order valence-corrected chi connectivity index (χ3v) is 2.84. The Labute approximate surface area is 107 Å². The van der Waals surface area contributed by atoms with Crippen molar-refractivity contribution in [2.75, 3.05) is 6.54 Å². The maximum atomic E-state index is 11.9. The molecule has 0 aliphatic heterocycles. The smallest absolute Gasteiger partial charge is 0.251 e. The average molecular weight is 239 g/mol. The molecule has 92 valence electrons. The molecule has 0 aliphatic carbocycles. The molecule has 0 heterocycles. The van der Waals surface area contributed by atoms with Gasteiger partial charge in [0.15, 0.2) is 0 Å². The van der Waals surface area contributed by atoms with E-state index in [0.29, 0.717) is 12.1 Å². The molecule has 0 radical (unpaired) electrons. The summed E-state index contributed by atoms with van der Waals surface area (Å²) in [5.41, 5.74) is 0.717. The van der Waals surface area contributed by atoms with Crippen LogP contribution in [0.1, 0.15) is 23.7 Å². The van der Waals surface area contributed by atoms with Crippen LogP contribution in [0.25, 0.3) is 10.8 Å². The number of hydrogen-bond acceptors (Lipinski definition) is 1. The molecule has 0 aliphatic rings. The number of nitrogens with one attached hydrogen (secondary N) is 1. The molecule has 2 nitrogen and oxygen atoms in total. The summed E-state index contributed by atoms with van der Waals surface area (Å²) in [6.45, 7) is 2.65. The Morgan fingerprint density at radius 1 is 1.17 bits per heavy atom. The molecule has 2 heteroatoms. The lowest BCUT2D eigenvalue weighted by atomic mass is 10.1. The van der Waals surface area contributed by atoms with E-state index >= 15 is 0 Å². The molecule has 0 aromatic heterocycles. The minimum atomic E-state index is -0.00902. The van der Waals surface area contributed by atoms with Crippen LogP contribution < -0.4 is 5.32 Å². The summed E-state index contributed by atoms with van der Waals surface area (Å²) in [4.78, 5) is 11.9. The quantitative estimate of drug-likeness (QED) is 0.641. The zero-order valence-electron chi connectivity index (χ0n) is 10.5. The minimum absolute atomic E-state index is 0.00902. The Balaban J connectivity index is 2.08. The van der Waals surface area contributed by atoms with Crippen LogP contribution in [0.15, 0.2) is 54.6 Å². The number of benzene rings is 2. The zero-order valence-corrected chi connectivity index (χ0v) is 10.5. The fourth-order valence-corrected chi connectivity index (χ4v) is 1.87. The fourth-order valence-electron chi connectivity index (χ4n) is 1.87. The first-order valence-corrected chi connectivity index (χ1v) is 6.19. The van der Waals surface area contributed by atoms with Crippen LogP contribution in [-0.2, 0) is 0 Å². The first kappa shape index (κ1) is 12.4. The van der Waals surface area contributed by atoms with E-state index in [1.165, 1.54) is 0 Å². The monoisotopic (exact) mass is 239 g/mol. The highest BCUT2D eigenvalue weighted by Gasteiger charge is 2.04. The van der Waals surface area contributed by atoms with Crippen LogP contribution in [0.3, 0.4) is 0 Å². The number of amides is 1. The Kier molecular flexibility index (Phi) is 4.13. The number of carbonyl (C=O) groups excluding carboxylic acids is 1. The van der Waals surface area contributed by atoms with E-state index in [-0.39, 0.29) is 5.91 Å². The number of carbonyl (C=O) groups is 1. The largest absolute Gasteiger partial charge is 0.352 e. The SMILES string of the molecule is C/C=C/CCNC(=O)c1ccc2ccccc2c1. The summed E-state index contributed by atoms with van der Waals surface area (Å²) in [7, 11) is 0. The second kappa shape index (κ2) is 6.01. The van der Waals surface area contributed by atoms with Crippen molar-refractivity contribution in [2.24, 2.45) is 0 Å². The Bertz CT molecular complexity index is 572. The number of fused-ring (bicyclic) bond motifs is 1. The second-order valence-electron chi connectivity index (χ2n) is 4.18. The lowest BCUT2D eigenvalue weighted by Crippen LogP contribution is -2.23. The first-order chi connectivity index (χ1) is 8.81. The molecule has 0 atom stereocenters. The molecular weight excluding hydrogens is 222 g/mol. The zero-order chi connectivity index (χ0) is 12.8. The van der Waals surface area contributed by atoms with Crippen molar-refractivity contribution < 1.29 is 4.79 Å². The first-order valence-electron chi connectivity index (χ1n) is 6.19. The van der Waals surface area contributed by atoms with Crippen LogP contribution >= 0.6 is 0 Å². The van der Waals surface area contributed by atoms with Gasteiger partial charge in [-0.05, 0) is 36.2 Å². The lowest BCUT2D eigenvalue weighted by molar-refractivity contribution is 0.0954. The van der Waals surface area contributed by atoms with E-state index in [4.69, 9.17) is 0 Å². The summed E-state index contributed by atoms with van der Waals surface area (Å²) in [6, 6.07) is 13.8. The molecule has 1 amide bonds. The summed E-state index contributed by atoms with van der Waals surface area (Å²) < 4.78 is 0. The molecule has 18 heavy (non-hydrogen) atoms. The van der Waals surface area contributed by atoms with Crippen molar-refractivity contribution in [2.45, 2.75) is 13.3 Å². The highest BCUT2D eigenvalue weighted by atomic mass is 16.1. The van der Waals surface area contributed by atoms with Crippen molar-refractivity contribution in [3.8, 4) is 0 Å². The second-order valence-corrected chi connectivity index (χ2v) is 4.18. The Hall–Kier alpha value is -2.09. The van der Waals surface area contributed by atoms with Gasteiger partial charge in [0.25, 0.3) is 5.91 Å².